The molecule has 17 heteroatoms. The Morgan fingerprint density at radius 3 is 1.98 bits per heavy atom. The lowest BCUT2D eigenvalue weighted by Gasteiger charge is -2.28. The molecule has 2 rings (SSSR count). The van der Waals surface area contributed by atoms with Gasteiger partial charge in [0, 0.05) is 6.20 Å². The van der Waals surface area contributed by atoms with E-state index in [2.05, 4.69) is 4.98 Å². The van der Waals surface area contributed by atoms with Gasteiger partial charge in [0.25, 0.3) is 0 Å². The first-order valence-electron chi connectivity index (χ1n) is 12.5. The van der Waals surface area contributed by atoms with E-state index in [0.29, 0.717) is 4.90 Å². The molecular formula is C24H37FN3O11PS. The van der Waals surface area contributed by atoms with Crippen LogP contribution in [-0.4, -0.2) is 73.7 Å². The van der Waals surface area contributed by atoms with Crippen LogP contribution in [0, 0.1) is 0 Å². The van der Waals surface area contributed by atoms with Crippen LogP contribution >= 0.6 is 20.0 Å². The Labute approximate surface area is 241 Å². The second kappa shape index (κ2) is 13.1. The molecule has 1 aliphatic rings. The van der Waals surface area contributed by atoms with E-state index in [-0.39, 0.29) is 0 Å². The van der Waals surface area contributed by atoms with Crippen LogP contribution in [0.3, 0.4) is 0 Å². The number of halogens is 1. The quantitative estimate of drug-likeness (QED) is 0.264. The number of imide groups is 1. The molecular weight excluding hydrogens is 588 g/mol. The van der Waals surface area contributed by atoms with Crippen molar-refractivity contribution in [2.75, 3.05) is 11.5 Å². The molecule has 1 aliphatic heterocycles. The minimum Gasteiger partial charge on any atom is -0.443 e. The highest BCUT2D eigenvalue weighted by molar-refractivity contribution is 8.00. The average molecular weight is 626 g/mol. The van der Waals surface area contributed by atoms with Crippen LogP contribution in [0.25, 0.3) is 0 Å². The highest BCUT2D eigenvalue weighted by Gasteiger charge is 2.49. The van der Waals surface area contributed by atoms with E-state index >= 15 is 4.39 Å². The van der Waals surface area contributed by atoms with Crippen molar-refractivity contribution in [3.05, 3.63) is 22.7 Å². The number of amides is 2. The Morgan fingerprint density at radius 1 is 1.02 bits per heavy atom. The van der Waals surface area contributed by atoms with E-state index in [4.69, 9.17) is 28.4 Å². The molecule has 41 heavy (non-hydrogen) atoms. The molecule has 1 aromatic heterocycles. The molecule has 1 aromatic rings. The summed E-state index contributed by atoms with van der Waals surface area (Å²) in [5, 5.41) is -2.34. The van der Waals surface area contributed by atoms with Gasteiger partial charge < -0.3 is 28.4 Å². The molecule has 5 atom stereocenters. The predicted molar refractivity (Wildman–Crippen MR) is 147 cm³/mol. The van der Waals surface area contributed by atoms with Crippen LogP contribution in [0.5, 0.6) is 0 Å². The minimum absolute atomic E-state index is 0.437. The highest BCUT2D eigenvalue weighted by atomic mass is 32.2. The number of thioether (sulfide) groups is 1. The monoisotopic (exact) mass is 625 g/mol. The van der Waals surface area contributed by atoms with Gasteiger partial charge in [0.15, 0.2) is 18.1 Å². The number of ether oxygens (including phenoxy) is 4. The molecule has 2 amide bonds. The summed E-state index contributed by atoms with van der Waals surface area (Å²) >= 11 is 0.798. The zero-order valence-electron chi connectivity index (χ0n) is 24.3. The number of carbonyl (C=O) groups excluding carboxylic acids is 3. The SMILES string of the molecule is CC(C)(C)OC(=O)O[C@H]1[C@H](F)[C@H](n2ccc(N(C(=O)OC(C)(C)C)C(=O)OC(C)(C)C)nc2=O)S[C@@H]1CO[PH](=O)O. The first-order chi connectivity index (χ1) is 18.6. The Balaban J connectivity index is 2.43. The minimum atomic E-state index is -3.40. The Morgan fingerprint density at radius 2 is 1.54 bits per heavy atom. The summed E-state index contributed by atoms with van der Waals surface area (Å²) in [6, 6.07) is 1.11. The number of rotatable bonds is 6. The molecule has 0 bridgehead atoms. The number of alkyl halides is 1. The second-order valence-corrected chi connectivity index (χ2v) is 14.1. The van der Waals surface area contributed by atoms with Crippen LogP contribution in [-0.2, 0) is 28.0 Å². The van der Waals surface area contributed by atoms with E-state index in [1.807, 2.05) is 0 Å². The fraction of sp³-hybridized carbons (Fsp3) is 0.708. The summed E-state index contributed by atoms with van der Waals surface area (Å²) in [7, 11) is -3.40. The predicted octanol–water partition coefficient (Wildman–Crippen LogP) is 4.59. The number of nitrogens with zero attached hydrogens (tertiary/aromatic N) is 3. The molecule has 1 fully saturated rings. The number of hydrogen-bond acceptors (Lipinski definition) is 12. The molecule has 1 saturated heterocycles. The van der Waals surface area contributed by atoms with Crippen molar-refractivity contribution >= 4 is 44.2 Å². The van der Waals surface area contributed by atoms with Crippen molar-refractivity contribution in [3.8, 4) is 0 Å². The van der Waals surface area contributed by atoms with Crippen LogP contribution in [0.15, 0.2) is 17.1 Å². The number of hydrogen-bond donors (Lipinski definition) is 1. The van der Waals surface area contributed by atoms with Gasteiger partial charge >= 0.3 is 32.3 Å². The van der Waals surface area contributed by atoms with Gasteiger partial charge in [0.2, 0.25) is 0 Å². The Hall–Kier alpha value is -2.68. The van der Waals surface area contributed by atoms with Gasteiger partial charge in [-0.2, -0.15) is 9.88 Å². The normalized spacial score (nSPS) is 22.0. The fourth-order valence-electron chi connectivity index (χ4n) is 3.33. The van der Waals surface area contributed by atoms with Gasteiger partial charge in [0.05, 0.1) is 11.9 Å². The first-order valence-corrected chi connectivity index (χ1v) is 14.7. The molecule has 1 N–H and O–H groups in total. The standard InChI is InChI=1S/C24H37FN3O11PS/c1-22(2,3)37-19(30)28(20(31)38-23(4,5)6)14-10-11-27(18(29)26-14)17-15(25)16(13(41-17)12-35-40(33)34)36-21(32)39-24(7,8)9/h10-11,13,15-17,40H,12H2,1-9H3,(H,33,34)/t13-,15+,16-,17-/m1/s1. The van der Waals surface area contributed by atoms with Gasteiger partial charge in [-0.15, -0.1) is 11.8 Å². The summed E-state index contributed by atoms with van der Waals surface area (Å²) < 4.78 is 53.3. The van der Waals surface area contributed by atoms with Crippen molar-refractivity contribution in [1.29, 1.82) is 0 Å². The number of anilines is 1. The van der Waals surface area contributed by atoms with Crippen LogP contribution in [0.1, 0.15) is 67.7 Å². The lowest BCUT2D eigenvalue weighted by Crippen LogP contribution is -2.45. The van der Waals surface area contributed by atoms with Crippen molar-refractivity contribution in [2.24, 2.45) is 0 Å². The molecule has 0 aliphatic carbocycles. The highest BCUT2D eigenvalue weighted by Crippen LogP contribution is 2.45. The first kappa shape index (κ1) is 34.5. The van der Waals surface area contributed by atoms with E-state index in [1.54, 1.807) is 62.3 Å². The maximum absolute atomic E-state index is 15.7. The largest absolute Gasteiger partial charge is 0.509 e. The maximum Gasteiger partial charge on any atom is 0.509 e. The summed E-state index contributed by atoms with van der Waals surface area (Å²) in [5.41, 5.74) is -4.02. The van der Waals surface area contributed by atoms with Crippen LogP contribution < -0.4 is 10.6 Å². The zero-order valence-corrected chi connectivity index (χ0v) is 26.1. The van der Waals surface area contributed by atoms with Gasteiger partial charge in [-0.05, 0) is 68.4 Å². The third kappa shape index (κ3) is 10.6. The van der Waals surface area contributed by atoms with Gasteiger partial charge in [-0.3, -0.25) is 9.13 Å². The van der Waals surface area contributed by atoms with Crippen LogP contribution in [0.4, 0.5) is 24.6 Å². The third-order valence-corrected chi connectivity index (χ3v) is 6.66. The van der Waals surface area contributed by atoms with E-state index < -0.39 is 84.4 Å². The van der Waals surface area contributed by atoms with Gasteiger partial charge in [-0.25, -0.2) is 23.6 Å². The number of aromatic nitrogens is 2. The van der Waals surface area contributed by atoms with Crippen LogP contribution in [0.2, 0.25) is 0 Å². The lowest BCUT2D eigenvalue weighted by atomic mass is 10.1. The fourth-order valence-corrected chi connectivity index (χ4v) is 5.23. The third-order valence-electron chi connectivity index (χ3n) is 4.73. The second-order valence-electron chi connectivity index (χ2n) is 11.9. The maximum atomic E-state index is 15.7. The molecule has 1 unspecified atom stereocenters. The van der Waals surface area contributed by atoms with E-state index in [1.165, 1.54) is 0 Å². The molecule has 0 aromatic carbocycles. The van der Waals surface area contributed by atoms with Crippen molar-refractivity contribution in [1.82, 2.24) is 9.55 Å². The van der Waals surface area contributed by atoms with E-state index in [9.17, 15) is 23.7 Å². The lowest BCUT2D eigenvalue weighted by molar-refractivity contribution is -0.0454. The Kier molecular flexibility index (Phi) is 11.0. The van der Waals surface area contributed by atoms with Gasteiger partial charge in [0.1, 0.15) is 22.2 Å². The average Bonchev–Trinajstić information content (AvgIpc) is 3.03. The smallest absolute Gasteiger partial charge is 0.443 e. The molecule has 0 saturated carbocycles. The van der Waals surface area contributed by atoms with Crippen molar-refractivity contribution < 1.29 is 51.7 Å². The summed E-state index contributed by atoms with van der Waals surface area (Å²) in [6.45, 7) is 13.7. The van der Waals surface area contributed by atoms with E-state index in [0.717, 1.165) is 28.6 Å². The summed E-state index contributed by atoms with van der Waals surface area (Å²) in [4.78, 5) is 64.4. The summed E-state index contributed by atoms with van der Waals surface area (Å²) in [6.07, 6.45) is -5.93. The molecule has 2 heterocycles. The molecule has 0 spiro atoms. The number of carbonyl (C=O) groups is 3. The molecule has 0 radical (unpaired) electrons. The van der Waals surface area contributed by atoms with Crippen molar-refractivity contribution in [2.45, 2.75) is 102 Å². The van der Waals surface area contributed by atoms with Gasteiger partial charge in [-0.1, -0.05) is 0 Å². The molecule has 232 valence electrons. The zero-order chi connectivity index (χ0) is 31.5. The summed E-state index contributed by atoms with van der Waals surface area (Å²) in [5.74, 6) is -0.437. The topological polar surface area (TPSA) is 173 Å². The Bertz CT molecular complexity index is 1180. The molecule has 14 nitrogen and oxygen atoms in total. The van der Waals surface area contributed by atoms with Crippen molar-refractivity contribution in [3.63, 3.8) is 0 Å².